The molecule has 0 bridgehead atoms. The number of amides is 1. The fraction of sp³-hybridized carbons (Fsp3) is 0.952. The van der Waals surface area contributed by atoms with E-state index in [1.165, 1.54) is 23.9 Å². The van der Waals surface area contributed by atoms with Gasteiger partial charge in [0.25, 0.3) is 0 Å². The lowest BCUT2D eigenvalue weighted by molar-refractivity contribution is -0.208. The van der Waals surface area contributed by atoms with Crippen LogP contribution in [0.15, 0.2) is 0 Å². The van der Waals surface area contributed by atoms with E-state index in [2.05, 4.69) is 17.6 Å². The highest BCUT2D eigenvalue weighted by molar-refractivity contribution is 7.99. The minimum atomic E-state index is -1.31. The van der Waals surface area contributed by atoms with E-state index in [1.807, 2.05) is 25.6 Å². The predicted octanol–water partition coefficient (Wildman–Crippen LogP) is 1.20. The average Bonchev–Trinajstić information content (AvgIpc) is 2.74. The van der Waals surface area contributed by atoms with E-state index in [4.69, 9.17) is 4.74 Å². The normalized spacial score (nSPS) is 35.9. The Bertz CT molecular complexity index is 526. The van der Waals surface area contributed by atoms with Crippen molar-refractivity contribution in [1.29, 1.82) is 0 Å². The van der Waals surface area contributed by atoms with Crippen LogP contribution in [0.2, 0.25) is 0 Å². The molecule has 2 aliphatic heterocycles. The van der Waals surface area contributed by atoms with Crippen LogP contribution in [0.1, 0.15) is 46.5 Å². The molecule has 0 aromatic rings. The molecule has 2 aliphatic rings. The minimum Gasteiger partial charge on any atom is -0.388 e. The fourth-order valence-corrected chi connectivity index (χ4v) is 5.67. The third-order valence-electron chi connectivity index (χ3n) is 6.15. The van der Waals surface area contributed by atoms with Gasteiger partial charge in [-0.05, 0) is 61.8 Å². The molecule has 1 amide bonds. The first kappa shape index (κ1) is 26.2. The molecule has 0 aliphatic carbocycles. The van der Waals surface area contributed by atoms with E-state index in [1.54, 1.807) is 6.26 Å². The third kappa shape index (κ3) is 6.98. The minimum absolute atomic E-state index is 0.0102. The fourth-order valence-electron chi connectivity index (χ4n) is 4.33. The van der Waals surface area contributed by atoms with Gasteiger partial charge in [-0.3, -0.25) is 4.79 Å². The van der Waals surface area contributed by atoms with Gasteiger partial charge in [-0.2, -0.15) is 11.8 Å². The zero-order valence-corrected chi connectivity index (χ0v) is 20.3. The Morgan fingerprint density at radius 1 is 1.23 bits per heavy atom. The number of aliphatic hydroxyl groups is 3. The zero-order valence-electron chi connectivity index (χ0n) is 18.6. The molecule has 0 spiro atoms. The lowest BCUT2D eigenvalue weighted by Gasteiger charge is -2.44. The highest BCUT2D eigenvalue weighted by Crippen LogP contribution is 2.30. The molecule has 176 valence electrons. The van der Waals surface area contributed by atoms with Gasteiger partial charge in [0, 0.05) is 0 Å². The largest absolute Gasteiger partial charge is 0.388 e. The Labute approximate surface area is 189 Å². The molecule has 9 heteroatoms. The van der Waals surface area contributed by atoms with Crippen molar-refractivity contribution in [3.05, 3.63) is 0 Å². The van der Waals surface area contributed by atoms with Crippen LogP contribution in [0.3, 0.4) is 0 Å². The second-order valence-corrected chi connectivity index (χ2v) is 11.0. The summed E-state index contributed by atoms with van der Waals surface area (Å²) in [5, 5.41) is 37.3. The number of carbonyl (C=O) groups is 1. The first-order valence-electron chi connectivity index (χ1n) is 11.1. The second kappa shape index (κ2) is 12.9. The van der Waals surface area contributed by atoms with Crippen molar-refractivity contribution < 1.29 is 24.9 Å². The summed E-state index contributed by atoms with van der Waals surface area (Å²) >= 11 is 3.24. The molecule has 5 N–H and O–H groups in total. The molecule has 0 aromatic heterocycles. The van der Waals surface area contributed by atoms with Gasteiger partial charge < -0.3 is 30.7 Å². The molecule has 2 unspecified atom stereocenters. The Kier molecular flexibility index (Phi) is 11.2. The van der Waals surface area contributed by atoms with E-state index in [9.17, 15) is 20.1 Å². The monoisotopic (exact) mass is 464 g/mol. The number of ether oxygens (including phenoxy) is 1. The number of carbonyl (C=O) groups excluding carboxylic acids is 1. The Hall–Kier alpha value is -0.0300. The van der Waals surface area contributed by atoms with Crippen LogP contribution in [-0.4, -0.2) is 87.5 Å². The van der Waals surface area contributed by atoms with E-state index in [0.717, 1.165) is 31.6 Å². The zero-order chi connectivity index (χ0) is 22.3. The molecular weight excluding hydrogens is 424 g/mol. The molecule has 2 heterocycles. The van der Waals surface area contributed by atoms with Crippen LogP contribution in [0, 0.1) is 11.8 Å². The van der Waals surface area contributed by atoms with Crippen molar-refractivity contribution in [2.45, 2.75) is 88.4 Å². The van der Waals surface area contributed by atoms with Crippen molar-refractivity contribution in [1.82, 2.24) is 10.6 Å². The van der Waals surface area contributed by atoms with E-state index < -0.39 is 35.9 Å². The number of nitrogens with one attached hydrogen (secondary N) is 2. The molecule has 0 aromatic carbocycles. The van der Waals surface area contributed by atoms with Crippen LogP contribution in [0.4, 0.5) is 0 Å². The number of hydrogen-bond acceptors (Lipinski definition) is 8. The summed E-state index contributed by atoms with van der Waals surface area (Å²) in [6.07, 6.45) is 1.51. The van der Waals surface area contributed by atoms with Crippen LogP contribution >= 0.6 is 23.5 Å². The lowest BCUT2D eigenvalue weighted by atomic mass is 9.86. The first-order chi connectivity index (χ1) is 14.3. The molecule has 2 rings (SSSR count). The van der Waals surface area contributed by atoms with Gasteiger partial charge in [-0.15, -0.1) is 11.8 Å². The van der Waals surface area contributed by atoms with Crippen LogP contribution < -0.4 is 10.6 Å². The quantitative estimate of drug-likeness (QED) is 0.307. The lowest BCUT2D eigenvalue weighted by Crippen LogP contribution is -2.65. The number of aliphatic hydroxyl groups excluding tert-OH is 3. The van der Waals surface area contributed by atoms with Crippen molar-refractivity contribution >= 4 is 29.4 Å². The Balaban J connectivity index is 1.97. The van der Waals surface area contributed by atoms with E-state index >= 15 is 0 Å². The van der Waals surface area contributed by atoms with Gasteiger partial charge in [-0.1, -0.05) is 20.8 Å². The highest BCUT2D eigenvalue weighted by atomic mass is 32.2. The summed E-state index contributed by atoms with van der Waals surface area (Å²) in [6.45, 7) is 6.91. The maximum atomic E-state index is 13.0. The van der Waals surface area contributed by atoms with E-state index in [-0.39, 0.29) is 17.9 Å². The number of piperidine rings is 1. The van der Waals surface area contributed by atoms with Crippen LogP contribution in [0.25, 0.3) is 0 Å². The van der Waals surface area contributed by atoms with Gasteiger partial charge in [-0.25, -0.2) is 0 Å². The summed E-state index contributed by atoms with van der Waals surface area (Å²) in [5.74, 6) is 2.77. The van der Waals surface area contributed by atoms with Crippen molar-refractivity contribution in [2.24, 2.45) is 11.8 Å². The summed E-state index contributed by atoms with van der Waals surface area (Å²) < 4.78 is 5.90. The summed E-state index contributed by atoms with van der Waals surface area (Å²) in [4.78, 5) is 13.0. The van der Waals surface area contributed by atoms with E-state index in [0.29, 0.717) is 5.92 Å². The molecule has 30 heavy (non-hydrogen) atoms. The molecule has 7 nitrogen and oxygen atoms in total. The Morgan fingerprint density at radius 3 is 2.60 bits per heavy atom. The van der Waals surface area contributed by atoms with Crippen molar-refractivity contribution in [2.75, 3.05) is 24.3 Å². The number of thioether (sulfide) groups is 2. The molecular formula is C21H40N2O5S2. The van der Waals surface area contributed by atoms with Gasteiger partial charge in [0.1, 0.15) is 29.9 Å². The Morgan fingerprint density at radius 2 is 1.97 bits per heavy atom. The summed E-state index contributed by atoms with van der Waals surface area (Å²) in [5.41, 5.74) is -0.648. The van der Waals surface area contributed by atoms with Crippen LogP contribution in [0.5, 0.6) is 0 Å². The van der Waals surface area contributed by atoms with Gasteiger partial charge >= 0.3 is 0 Å². The van der Waals surface area contributed by atoms with Crippen molar-refractivity contribution in [3.8, 4) is 0 Å². The average molecular weight is 465 g/mol. The summed E-state index contributed by atoms with van der Waals surface area (Å²) in [6, 6.07) is -0.719. The molecule has 2 fully saturated rings. The van der Waals surface area contributed by atoms with Crippen molar-refractivity contribution in [3.63, 3.8) is 0 Å². The first-order valence-corrected chi connectivity index (χ1v) is 13.6. The maximum absolute atomic E-state index is 13.0. The smallest absolute Gasteiger partial charge is 0.237 e. The van der Waals surface area contributed by atoms with Crippen LogP contribution in [-0.2, 0) is 9.53 Å². The maximum Gasteiger partial charge on any atom is 0.237 e. The van der Waals surface area contributed by atoms with Gasteiger partial charge in [0.15, 0.2) is 0 Å². The van der Waals surface area contributed by atoms with Gasteiger partial charge in [0.2, 0.25) is 5.91 Å². The molecule has 2 saturated heterocycles. The number of hydrogen-bond donors (Lipinski definition) is 5. The molecule has 0 radical (unpaired) electrons. The molecule has 8 atom stereocenters. The predicted molar refractivity (Wildman–Crippen MR) is 124 cm³/mol. The molecule has 0 saturated carbocycles. The number of rotatable bonds is 10. The topological polar surface area (TPSA) is 111 Å². The highest BCUT2D eigenvalue weighted by Gasteiger charge is 2.47. The summed E-state index contributed by atoms with van der Waals surface area (Å²) in [7, 11) is 0. The third-order valence-corrected chi connectivity index (χ3v) is 7.99. The van der Waals surface area contributed by atoms with Gasteiger partial charge in [0.05, 0.1) is 12.1 Å². The SMILES string of the molecule is CCSCCC[C@@H]1CCN[C@H](C(=O)N[C@H](C(C)C)[C@H]2OC(SC)C(O)[C@@H](O)[C@H]2O)C1. The second-order valence-electron chi connectivity index (χ2n) is 8.69. The standard InChI is InChI=1S/C21H40N2O5S2/c1-5-30-10-6-7-13-8-9-22-14(11-13)20(27)23-15(12(2)3)19-17(25)16(24)18(26)21(28-19)29-4/h12-19,21-22,24-26H,5-11H2,1-4H3,(H,23,27)/t13-,14+,15-,16+,17-,18?,19-,21?/m1/s1.